The summed E-state index contributed by atoms with van der Waals surface area (Å²) in [5.41, 5.74) is -2.41. The van der Waals surface area contributed by atoms with Crippen LogP contribution in [0.3, 0.4) is 0 Å². The summed E-state index contributed by atoms with van der Waals surface area (Å²) in [4.78, 5) is 25.9. The lowest BCUT2D eigenvalue weighted by Crippen LogP contribution is -2.42. The van der Waals surface area contributed by atoms with Crippen LogP contribution in [-0.2, 0) is 10.4 Å². The summed E-state index contributed by atoms with van der Waals surface area (Å²) in [5, 5.41) is 23.5. The number of hydrogen-bond donors (Lipinski definition) is 2. The average molecular weight is 400 g/mol. The Hall–Kier alpha value is -3.70. The minimum Gasteiger partial charge on any atom is -0.506 e. The van der Waals surface area contributed by atoms with E-state index in [1.807, 2.05) is 0 Å². The largest absolute Gasteiger partial charge is 0.506 e. The van der Waals surface area contributed by atoms with E-state index in [0.717, 1.165) is 0 Å². The van der Waals surface area contributed by atoms with E-state index < -0.39 is 22.9 Å². The van der Waals surface area contributed by atoms with Crippen molar-refractivity contribution in [2.75, 3.05) is 0 Å². The normalized spacial score (nSPS) is 14.2. The molecule has 4 rings (SSSR count). The minimum atomic E-state index is -2.15. The van der Waals surface area contributed by atoms with Crippen LogP contribution in [0.4, 0.5) is 0 Å². The van der Waals surface area contributed by atoms with Crippen molar-refractivity contribution in [1.82, 2.24) is 0 Å². The van der Waals surface area contributed by atoms with E-state index >= 15 is 0 Å². The number of benzene rings is 3. The van der Waals surface area contributed by atoms with Gasteiger partial charge in [-0.2, -0.15) is 0 Å². The zero-order chi connectivity index (χ0) is 21.3. The molecule has 5 heteroatoms. The summed E-state index contributed by atoms with van der Waals surface area (Å²) < 4.78 is 5.42. The van der Waals surface area contributed by atoms with E-state index in [2.05, 4.69) is 0 Å². The molecule has 0 radical (unpaired) electrons. The molecule has 30 heavy (non-hydrogen) atoms. The highest BCUT2D eigenvalue weighted by molar-refractivity contribution is 5.88. The molecular formula is C25H20O5. The number of ketones is 1. The third-order valence-electron chi connectivity index (χ3n) is 5.34. The number of para-hydroxylation sites is 1. The van der Waals surface area contributed by atoms with Crippen molar-refractivity contribution in [3.8, 4) is 5.75 Å². The number of aliphatic hydroxyl groups is 1. The maximum Gasteiger partial charge on any atom is 0.346 e. The van der Waals surface area contributed by atoms with Gasteiger partial charge in [-0.05, 0) is 30.2 Å². The van der Waals surface area contributed by atoms with Crippen LogP contribution in [-0.4, -0.2) is 16.0 Å². The van der Waals surface area contributed by atoms with Gasteiger partial charge >= 0.3 is 5.63 Å². The standard InChI is InChI=1S/C25H20O5/c1-16(26)21(17-10-4-2-5-11-17)25(29,18-12-6-3-7-13-18)22-23(27)19-14-8-9-15-20(19)30-24(22)28/h2-15,21,27,29H,1H3/t21-,25-/m0/s1. The number of rotatable bonds is 5. The summed E-state index contributed by atoms with van der Waals surface area (Å²) >= 11 is 0. The first kappa shape index (κ1) is 19.6. The summed E-state index contributed by atoms with van der Waals surface area (Å²) in [6.45, 7) is 1.35. The van der Waals surface area contributed by atoms with Gasteiger partial charge in [0, 0.05) is 0 Å². The Morgan fingerprint density at radius 3 is 2.10 bits per heavy atom. The highest BCUT2D eigenvalue weighted by atomic mass is 16.4. The molecule has 4 aromatic rings. The molecule has 0 aliphatic rings. The lowest BCUT2D eigenvalue weighted by atomic mass is 9.71. The highest BCUT2D eigenvalue weighted by Crippen LogP contribution is 2.46. The van der Waals surface area contributed by atoms with Crippen LogP contribution in [0.25, 0.3) is 11.0 Å². The van der Waals surface area contributed by atoms with Crippen LogP contribution in [0.5, 0.6) is 5.75 Å². The molecular weight excluding hydrogens is 380 g/mol. The van der Waals surface area contributed by atoms with Gasteiger partial charge in [0.1, 0.15) is 28.3 Å². The molecule has 3 aromatic carbocycles. The first-order chi connectivity index (χ1) is 14.4. The van der Waals surface area contributed by atoms with Crippen LogP contribution in [0, 0.1) is 0 Å². The fraction of sp³-hybridized carbons (Fsp3) is 0.120. The van der Waals surface area contributed by atoms with E-state index in [0.29, 0.717) is 11.1 Å². The first-order valence-electron chi connectivity index (χ1n) is 9.53. The Morgan fingerprint density at radius 2 is 1.47 bits per heavy atom. The van der Waals surface area contributed by atoms with Crippen molar-refractivity contribution in [3.63, 3.8) is 0 Å². The predicted molar refractivity (Wildman–Crippen MR) is 113 cm³/mol. The van der Waals surface area contributed by atoms with Crippen molar-refractivity contribution in [1.29, 1.82) is 0 Å². The van der Waals surface area contributed by atoms with Crippen LogP contribution in [0.1, 0.15) is 29.5 Å². The van der Waals surface area contributed by atoms with Crippen LogP contribution < -0.4 is 5.63 Å². The van der Waals surface area contributed by atoms with Crippen LogP contribution >= 0.6 is 0 Å². The maximum absolute atomic E-state index is 13.0. The summed E-state index contributed by atoms with van der Waals surface area (Å²) in [6.07, 6.45) is 0. The fourth-order valence-electron chi connectivity index (χ4n) is 4.03. The number of carbonyl (C=O) groups is 1. The van der Waals surface area contributed by atoms with Gasteiger partial charge < -0.3 is 14.6 Å². The SMILES string of the molecule is CC(=O)[C@@H](c1ccccc1)[C@@](O)(c1ccccc1)c1c(O)c2ccccc2oc1=O. The Bertz CT molecular complexity index is 1260. The monoisotopic (exact) mass is 400 g/mol. The number of aromatic hydroxyl groups is 1. The quantitative estimate of drug-likeness (QED) is 0.492. The van der Waals surface area contributed by atoms with Crippen molar-refractivity contribution < 1.29 is 19.4 Å². The molecule has 0 aliphatic heterocycles. The van der Waals surface area contributed by atoms with Gasteiger partial charge in [0.05, 0.1) is 11.3 Å². The zero-order valence-electron chi connectivity index (χ0n) is 16.3. The molecule has 150 valence electrons. The number of carbonyl (C=O) groups excluding carboxylic acids is 1. The zero-order valence-corrected chi connectivity index (χ0v) is 16.3. The Kier molecular flexibility index (Phi) is 4.98. The second-order valence-corrected chi connectivity index (χ2v) is 7.20. The first-order valence-corrected chi connectivity index (χ1v) is 9.53. The number of fused-ring (bicyclic) bond motifs is 1. The molecule has 0 spiro atoms. The smallest absolute Gasteiger partial charge is 0.346 e. The molecule has 0 unspecified atom stereocenters. The van der Waals surface area contributed by atoms with Gasteiger partial charge in [-0.15, -0.1) is 0 Å². The fourth-order valence-corrected chi connectivity index (χ4v) is 4.03. The molecule has 1 aromatic heterocycles. The second kappa shape index (κ2) is 7.61. The van der Waals surface area contributed by atoms with Gasteiger partial charge in [0.2, 0.25) is 0 Å². The van der Waals surface area contributed by atoms with E-state index in [9.17, 15) is 19.8 Å². The van der Waals surface area contributed by atoms with Crippen molar-refractivity contribution in [3.05, 3.63) is 112 Å². The average Bonchev–Trinajstić information content (AvgIpc) is 2.75. The summed E-state index contributed by atoms with van der Waals surface area (Å²) in [5.74, 6) is -1.91. The minimum absolute atomic E-state index is 0.193. The van der Waals surface area contributed by atoms with E-state index in [1.54, 1.807) is 84.9 Å². The van der Waals surface area contributed by atoms with Crippen molar-refractivity contribution >= 4 is 16.8 Å². The molecule has 0 saturated heterocycles. The molecule has 1 heterocycles. The molecule has 5 nitrogen and oxygen atoms in total. The van der Waals surface area contributed by atoms with Gasteiger partial charge in [-0.1, -0.05) is 72.8 Å². The molecule has 0 bridgehead atoms. The molecule has 0 aliphatic carbocycles. The number of hydrogen-bond acceptors (Lipinski definition) is 5. The Morgan fingerprint density at radius 1 is 0.900 bits per heavy atom. The summed E-state index contributed by atoms with van der Waals surface area (Å²) in [7, 11) is 0. The van der Waals surface area contributed by atoms with Gasteiger partial charge in [0.25, 0.3) is 0 Å². The van der Waals surface area contributed by atoms with Gasteiger partial charge in [0.15, 0.2) is 0 Å². The van der Waals surface area contributed by atoms with E-state index in [1.165, 1.54) is 6.92 Å². The van der Waals surface area contributed by atoms with E-state index in [-0.39, 0.29) is 22.3 Å². The number of Topliss-reactive ketones (excluding diaryl/α,β-unsaturated/α-hetero) is 1. The highest BCUT2D eigenvalue weighted by Gasteiger charge is 2.48. The molecule has 0 saturated carbocycles. The molecule has 0 fully saturated rings. The van der Waals surface area contributed by atoms with Gasteiger partial charge in [-0.3, -0.25) is 4.79 Å². The predicted octanol–water partition coefficient (Wildman–Crippen LogP) is 4.11. The lowest BCUT2D eigenvalue weighted by molar-refractivity contribution is -0.123. The topological polar surface area (TPSA) is 87.7 Å². The third-order valence-corrected chi connectivity index (χ3v) is 5.34. The van der Waals surface area contributed by atoms with E-state index in [4.69, 9.17) is 4.42 Å². The Balaban J connectivity index is 2.12. The third kappa shape index (κ3) is 3.09. The van der Waals surface area contributed by atoms with Crippen LogP contribution in [0.2, 0.25) is 0 Å². The lowest BCUT2D eigenvalue weighted by Gasteiger charge is -2.35. The summed E-state index contributed by atoms with van der Waals surface area (Å²) in [6, 6.07) is 23.6. The van der Waals surface area contributed by atoms with Gasteiger partial charge in [-0.25, -0.2) is 4.79 Å². The molecule has 2 N–H and O–H groups in total. The Labute approximate surface area is 172 Å². The maximum atomic E-state index is 13.0. The molecule has 0 amide bonds. The van der Waals surface area contributed by atoms with Crippen molar-refractivity contribution in [2.24, 2.45) is 0 Å². The van der Waals surface area contributed by atoms with Crippen LogP contribution in [0.15, 0.2) is 94.1 Å². The second-order valence-electron chi connectivity index (χ2n) is 7.20. The molecule has 2 atom stereocenters. The van der Waals surface area contributed by atoms with Crippen molar-refractivity contribution in [2.45, 2.75) is 18.4 Å².